The lowest BCUT2D eigenvalue weighted by Crippen LogP contribution is -2.51. The zero-order chi connectivity index (χ0) is 24.5. The van der Waals surface area contributed by atoms with Crippen molar-refractivity contribution in [2.75, 3.05) is 0 Å². The van der Waals surface area contributed by atoms with Crippen molar-refractivity contribution in [1.29, 1.82) is 0 Å². The van der Waals surface area contributed by atoms with Crippen LogP contribution in [0.2, 0.25) is 5.02 Å². The number of hydrogen-bond acceptors (Lipinski definition) is 2. The van der Waals surface area contributed by atoms with E-state index in [1.54, 1.807) is 4.90 Å². The van der Waals surface area contributed by atoms with Gasteiger partial charge in [0.25, 0.3) is 0 Å². The summed E-state index contributed by atoms with van der Waals surface area (Å²) in [6, 6.07) is 24.9. The van der Waals surface area contributed by atoms with Crippen molar-refractivity contribution in [3.63, 3.8) is 0 Å². The van der Waals surface area contributed by atoms with Crippen LogP contribution < -0.4 is 5.32 Å². The average molecular weight is 477 g/mol. The molecule has 0 aliphatic carbocycles. The number of hydrogen-bond donors (Lipinski definition) is 1. The zero-order valence-corrected chi connectivity index (χ0v) is 20.9. The summed E-state index contributed by atoms with van der Waals surface area (Å²) in [4.78, 5) is 28.7. The Morgan fingerprint density at radius 2 is 1.59 bits per heavy atom. The number of nitrogens with one attached hydrogen (secondary N) is 1. The Bertz CT molecular complexity index is 1100. The SMILES string of the molecule is Cc1cccc(CN(C(=O)CCc2ccccc2Cl)[C@@H](Cc2ccccc2)C(=O)NC(C)C)c1. The minimum atomic E-state index is -0.621. The molecular weight excluding hydrogens is 444 g/mol. The molecule has 0 aliphatic heterocycles. The van der Waals surface area contributed by atoms with Gasteiger partial charge in [0.1, 0.15) is 6.04 Å². The van der Waals surface area contributed by atoms with E-state index in [-0.39, 0.29) is 24.3 Å². The Hall–Kier alpha value is -3.11. The maximum absolute atomic E-state index is 13.6. The largest absolute Gasteiger partial charge is 0.352 e. The molecular formula is C29H33ClN2O2. The number of rotatable bonds is 10. The summed E-state index contributed by atoms with van der Waals surface area (Å²) < 4.78 is 0. The lowest BCUT2D eigenvalue weighted by atomic mass is 10.0. The maximum atomic E-state index is 13.6. The van der Waals surface area contributed by atoms with E-state index < -0.39 is 6.04 Å². The van der Waals surface area contributed by atoms with Crippen LogP contribution in [0.5, 0.6) is 0 Å². The van der Waals surface area contributed by atoms with Crippen LogP contribution in [0.3, 0.4) is 0 Å². The van der Waals surface area contributed by atoms with Gasteiger partial charge in [-0.15, -0.1) is 0 Å². The molecule has 3 aromatic carbocycles. The van der Waals surface area contributed by atoms with Gasteiger partial charge in [0, 0.05) is 30.5 Å². The molecule has 1 N–H and O–H groups in total. The Labute approximate surface area is 207 Å². The molecule has 0 radical (unpaired) electrons. The second-order valence-electron chi connectivity index (χ2n) is 8.97. The third kappa shape index (κ3) is 7.46. The number of carbonyl (C=O) groups excluding carboxylic acids is 2. The van der Waals surface area contributed by atoms with Crippen molar-refractivity contribution >= 4 is 23.4 Å². The fraction of sp³-hybridized carbons (Fsp3) is 0.310. The van der Waals surface area contributed by atoms with Crippen molar-refractivity contribution in [1.82, 2.24) is 10.2 Å². The summed E-state index contributed by atoms with van der Waals surface area (Å²) in [6.07, 6.45) is 1.24. The predicted octanol–water partition coefficient (Wildman–Crippen LogP) is 5.75. The molecule has 5 heteroatoms. The minimum Gasteiger partial charge on any atom is -0.352 e. The van der Waals surface area contributed by atoms with Gasteiger partial charge >= 0.3 is 0 Å². The fourth-order valence-electron chi connectivity index (χ4n) is 4.03. The quantitative estimate of drug-likeness (QED) is 0.405. The topological polar surface area (TPSA) is 49.4 Å². The fourth-order valence-corrected chi connectivity index (χ4v) is 4.26. The van der Waals surface area contributed by atoms with Crippen LogP contribution in [0.1, 0.15) is 42.5 Å². The zero-order valence-electron chi connectivity index (χ0n) is 20.1. The second kappa shape index (κ2) is 12.4. The number of nitrogens with zero attached hydrogens (tertiary/aromatic N) is 1. The number of amides is 2. The molecule has 0 saturated heterocycles. The van der Waals surface area contributed by atoms with Gasteiger partial charge < -0.3 is 10.2 Å². The summed E-state index contributed by atoms with van der Waals surface area (Å²) >= 11 is 6.32. The van der Waals surface area contributed by atoms with Gasteiger partial charge in [0.15, 0.2) is 0 Å². The van der Waals surface area contributed by atoms with E-state index in [1.165, 1.54) is 0 Å². The Morgan fingerprint density at radius 3 is 2.26 bits per heavy atom. The third-order valence-electron chi connectivity index (χ3n) is 5.70. The molecule has 1 atom stereocenters. The van der Waals surface area contributed by atoms with Gasteiger partial charge in [-0.3, -0.25) is 9.59 Å². The van der Waals surface area contributed by atoms with E-state index in [1.807, 2.05) is 93.6 Å². The Morgan fingerprint density at radius 1 is 0.912 bits per heavy atom. The lowest BCUT2D eigenvalue weighted by molar-refractivity contribution is -0.141. The molecule has 2 amide bonds. The van der Waals surface area contributed by atoms with Crippen molar-refractivity contribution < 1.29 is 9.59 Å². The van der Waals surface area contributed by atoms with E-state index in [0.717, 1.165) is 22.3 Å². The second-order valence-corrected chi connectivity index (χ2v) is 9.38. The normalized spacial score (nSPS) is 11.8. The molecule has 4 nitrogen and oxygen atoms in total. The monoisotopic (exact) mass is 476 g/mol. The van der Waals surface area contributed by atoms with Crippen LogP contribution in [0.25, 0.3) is 0 Å². The highest BCUT2D eigenvalue weighted by Gasteiger charge is 2.30. The van der Waals surface area contributed by atoms with Crippen molar-refractivity contribution in [2.24, 2.45) is 0 Å². The third-order valence-corrected chi connectivity index (χ3v) is 6.07. The number of benzene rings is 3. The number of carbonyl (C=O) groups is 2. The van der Waals surface area contributed by atoms with E-state index in [2.05, 4.69) is 11.4 Å². The Balaban J connectivity index is 1.92. The van der Waals surface area contributed by atoms with Gasteiger partial charge in [-0.05, 0) is 49.9 Å². The molecule has 34 heavy (non-hydrogen) atoms. The first-order chi connectivity index (χ1) is 16.3. The predicted molar refractivity (Wildman–Crippen MR) is 139 cm³/mol. The van der Waals surface area contributed by atoms with Crippen LogP contribution in [0.4, 0.5) is 0 Å². The number of aryl methyl sites for hydroxylation is 2. The molecule has 3 aromatic rings. The molecule has 3 rings (SSSR count). The van der Waals surface area contributed by atoms with Crippen molar-refractivity contribution in [3.05, 3.63) is 106 Å². The molecule has 0 aromatic heterocycles. The van der Waals surface area contributed by atoms with Crippen LogP contribution in [0.15, 0.2) is 78.9 Å². The smallest absolute Gasteiger partial charge is 0.243 e. The van der Waals surface area contributed by atoms with Gasteiger partial charge in [-0.1, -0.05) is 90.0 Å². The number of halogens is 1. The summed E-state index contributed by atoms with van der Waals surface area (Å²) in [5.41, 5.74) is 4.06. The van der Waals surface area contributed by atoms with E-state index >= 15 is 0 Å². The van der Waals surface area contributed by atoms with E-state index in [9.17, 15) is 9.59 Å². The van der Waals surface area contributed by atoms with E-state index in [4.69, 9.17) is 11.6 Å². The summed E-state index contributed by atoms with van der Waals surface area (Å²) in [6.45, 7) is 6.26. The molecule has 0 bridgehead atoms. The van der Waals surface area contributed by atoms with Crippen molar-refractivity contribution in [3.8, 4) is 0 Å². The highest BCUT2D eigenvalue weighted by atomic mass is 35.5. The lowest BCUT2D eigenvalue weighted by Gasteiger charge is -2.32. The van der Waals surface area contributed by atoms with Crippen LogP contribution in [-0.4, -0.2) is 28.8 Å². The van der Waals surface area contributed by atoms with Gasteiger partial charge in [0.2, 0.25) is 11.8 Å². The molecule has 0 spiro atoms. The van der Waals surface area contributed by atoms with Gasteiger partial charge in [-0.2, -0.15) is 0 Å². The highest BCUT2D eigenvalue weighted by molar-refractivity contribution is 6.31. The highest BCUT2D eigenvalue weighted by Crippen LogP contribution is 2.20. The maximum Gasteiger partial charge on any atom is 0.243 e. The van der Waals surface area contributed by atoms with E-state index in [0.29, 0.717) is 24.4 Å². The van der Waals surface area contributed by atoms with Crippen molar-refractivity contribution in [2.45, 2.75) is 58.7 Å². The summed E-state index contributed by atoms with van der Waals surface area (Å²) in [5.74, 6) is -0.209. The summed E-state index contributed by atoms with van der Waals surface area (Å²) in [5, 5.41) is 3.68. The standard InChI is InChI=1S/C29H33ClN2O2/c1-21(2)31-29(34)27(19-23-11-5-4-6-12-23)32(20-24-13-9-10-22(3)18-24)28(33)17-16-25-14-7-8-15-26(25)30/h4-15,18,21,27H,16-17,19-20H2,1-3H3,(H,31,34)/t27-/m0/s1. The average Bonchev–Trinajstić information content (AvgIpc) is 2.81. The first-order valence-corrected chi connectivity index (χ1v) is 12.1. The van der Waals surface area contributed by atoms with Gasteiger partial charge in [0.05, 0.1) is 0 Å². The van der Waals surface area contributed by atoms with Crippen LogP contribution >= 0.6 is 11.6 Å². The molecule has 0 heterocycles. The van der Waals surface area contributed by atoms with Crippen LogP contribution in [0, 0.1) is 6.92 Å². The molecule has 178 valence electrons. The molecule has 0 fully saturated rings. The Kier molecular flexibility index (Phi) is 9.29. The first-order valence-electron chi connectivity index (χ1n) is 11.8. The van der Waals surface area contributed by atoms with Gasteiger partial charge in [-0.25, -0.2) is 0 Å². The molecule has 0 unspecified atom stereocenters. The molecule has 0 aliphatic rings. The summed E-state index contributed by atoms with van der Waals surface area (Å²) in [7, 11) is 0. The van der Waals surface area contributed by atoms with Crippen LogP contribution in [-0.2, 0) is 29.0 Å². The minimum absolute atomic E-state index is 0.0233. The first kappa shape index (κ1) is 25.5. The molecule has 0 saturated carbocycles.